The van der Waals surface area contributed by atoms with E-state index in [0.29, 0.717) is 5.56 Å². The molecule has 0 aliphatic heterocycles. The first-order valence-corrected chi connectivity index (χ1v) is 4.85. The van der Waals surface area contributed by atoms with Crippen LogP contribution in [0.3, 0.4) is 0 Å². The van der Waals surface area contributed by atoms with Crippen molar-refractivity contribution in [1.29, 1.82) is 5.26 Å². The molecule has 0 aliphatic rings. The number of ketones is 1. The van der Waals surface area contributed by atoms with Gasteiger partial charge in [-0.2, -0.15) is 5.26 Å². The predicted molar refractivity (Wildman–Crippen MR) is 57.8 cm³/mol. The van der Waals surface area contributed by atoms with E-state index >= 15 is 0 Å². The van der Waals surface area contributed by atoms with E-state index in [2.05, 4.69) is 0 Å². The topological polar surface area (TPSA) is 54.0 Å². The number of Topliss-reactive ketones (excluding diaryl/α,β-unsaturated/α-hetero) is 1. The van der Waals surface area contributed by atoms with Crippen molar-refractivity contribution in [1.82, 2.24) is 0 Å². The van der Waals surface area contributed by atoms with Crippen LogP contribution in [0.4, 0.5) is 0 Å². The summed E-state index contributed by atoms with van der Waals surface area (Å²) >= 11 is 0. The number of nitriles is 1. The highest BCUT2D eigenvalue weighted by atomic mass is 16.3. The summed E-state index contributed by atoms with van der Waals surface area (Å²) in [5.74, 6) is -0.888. The summed E-state index contributed by atoms with van der Waals surface area (Å²) in [7, 11) is 0. The van der Waals surface area contributed by atoms with Crippen LogP contribution in [0.25, 0.3) is 0 Å². The molecule has 2 rings (SSSR count). The molecule has 0 saturated heterocycles. The summed E-state index contributed by atoms with van der Waals surface area (Å²) in [6.07, 6.45) is 1.42. The van der Waals surface area contributed by atoms with Gasteiger partial charge in [0.1, 0.15) is 5.92 Å². The maximum atomic E-state index is 11.9. The lowest BCUT2D eigenvalue weighted by atomic mass is 9.95. The quantitative estimate of drug-likeness (QED) is 0.733. The monoisotopic (exact) mass is 211 g/mol. The van der Waals surface area contributed by atoms with Crippen LogP contribution < -0.4 is 0 Å². The Kier molecular flexibility index (Phi) is 2.84. The van der Waals surface area contributed by atoms with Crippen LogP contribution in [0.15, 0.2) is 53.1 Å². The molecule has 1 atom stereocenters. The van der Waals surface area contributed by atoms with Crippen molar-refractivity contribution in [2.45, 2.75) is 5.92 Å². The molecule has 0 saturated carbocycles. The second-order valence-electron chi connectivity index (χ2n) is 3.31. The van der Waals surface area contributed by atoms with Gasteiger partial charge in [-0.05, 0) is 17.7 Å². The summed E-state index contributed by atoms with van der Waals surface area (Å²) in [5, 5.41) is 9.04. The molecule has 0 unspecified atom stereocenters. The van der Waals surface area contributed by atoms with Gasteiger partial charge in [0.25, 0.3) is 0 Å². The van der Waals surface area contributed by atoms with Gasteiger partial charge in [-0.15, -0.1) is 0 Å². The third kappa shape index (κ3) is 1.86. The van der Waals surface area contributed by atoms with Gasteiger partial charge < -0.3 is 4.42 Å². The molecule has 0 fully saturated rings. The summed E-state index contributed by atoms with van der Waals surface area (Å²) in [6.45, 7) is 0. The Hall–Kier alpha value is -2.34. The van der Waals surface area contributed by atoms with E-state index in [9.17, 15) is 4.79 Å². The third-order valence-electron chi connectivity index (χ3n) is 2.29. The SMILES string of the molecule is N#C[C@@H](C(=O)c1ccco1)c1ccccc1. The van der Waals surface area contributed by atoms with Gasteiger partial charge in [0.05, 0.1) is 12.3 Å². The van der Waals surface area contributed by atoms with E-state index in [4.69, 9.17) is 9.68 Å². The fourth-order valence-electron chi connectivity index (χ4n) is 1.49. The fraction of sp³-hybridized carbons (Fsp3) is 0.0769. The number of carbonyl (C=O) groups excluding carboxylic acids is 1. The van der Waals surface area contributed by atoms with Gasteiger partial charge in [-0.25, -0.2) is 0 Å². The maximum Gasteiger partial charge on any atom is 0.219 e. The number of benzene rings is 1. The molecule has 0 spiro atoms. The zero-order valence-corrected chi connectivity index (χ0v) is 8.46. The second-order valence-corrected chi connectivity index (χ2v) is 3.31. The van der Waals surface area contributed by atoms with Gasteiger partial charge in [0.15, 0.2) is 5.76 Å². The van der Waals surface area contributed by atoms with Crippen molar-refractivity contribution in [3.63, 3.8) is 0 Å². The lowest BCUT2D eigenvalue weighted by Crippen LogP contribution is -2.10. The highest BCUT2D eigenvalue weighted by Gasteiger charge is 2.23. The number of nitrogens with zero attached hydrogens (tertiary/aromatic N) is 1. The van der Waals surface area contributed by atoms with E-state index in [0.717, 1.165) is 0 Å². The largest absolute Gasteiger partial charge is 0.461 e. The normalized spacial score (nSPS) is 11.7. The first-order valence-electron chi connectivity index (χ1n) is 4.85. The minimum absolute atomic E-state index is 0.218. The third-order valence-corrected chi connectivity index (χ3v) is 2.29. The van der Waals surface area contributed by atoms with Gasteiger partial charge in [-0.1, -0.05) is 30.3 Å². The average molecular weight is 211 g/mol. The van der Waals surface area contributed by atoms with E-state index < -0.39 is 5.92 Å². The Labute approximate surface area is 92.9 Å². The van der Waals surface area contributed by atoms with Crippen LogP contribution >= 0.6 is 0 Å². The van der Waals surface area contributed by atoms with Crippen LogP contribution in [-0.2, 0) is 0 Å². The minimum atomic E-state index is -0.799. The molecule has 3 heteroatoms. The number of furan rings is 1. The lowest BCUT2D eigenvalue weighted by molar-refractivity contribution is 0.0952. The Bertz CT molecular complexity index is 509. The van der Waals surface area contributed by atoms with Gasteiger partial charge in [0, 0.05) is 0 Å². The van der Waals surface area contributed by atoms with Gasteiger partial charge >= 0.3 is 0 Å². The molecule has 0 bridgehead atoms. The van der Waals surface area contributed by atoms with Crippen LogP contribution in [-0.4, -0.2) is 5.78 Å². The highest BCUT2D eigenvalue weighted by Crippen LogP contribution is 2.20. The maximum absolute atomic E-state index is 11.9. The number of carbonyl (C=O) groups is 1. The molecule has 1 aromatic carbocycles. The Morgan fingerprint density at radius 3 is 2.50 bits per heavy atom. The molecule has 1 aromatic heterocycles. The number of hydrogen-bond acceptors (Lipinski definition) is 3. The number of rotatable bonds is 3. The standard InChI is InChI=1S/C13H9NO2/c14-9-11(10-5-2-1-3-6-10)13(15)12-7-4-8-16-12/h1-8,11H/t11-/m1/s1. The Morgan fingerprint density at radius 2 is 1.94 bits per heavy atom. The van der Waals surface area contributed by atoms with Crippen molar-refractivity contribution < 1.29 is 9.21 Å². The molecule has 78 valence electrons. The molecule has 0 amide bonds. The molecule has 1 heterocycles. The van der Waals surface area contributed by atoms with E-state index in [1.807, 2.05) is 12.1 Å². The van der Waals surface area contributed by atoms with Crippen molar-refractivity contribution in [3.05, 3.63) is 60.1 Å². The molecule has 0 N–H and O–H groups in total. The molecule has 2 aromatic rings. The highest BCUT2D eigenvalue weighted by molar-refractivity contribution is 6.00. The van der Waals surface area contributed by atoms with E-state index in [-0.39, 0.29) is 11.5 Å². The summed E-state index contributed by atoms with van der Waals surface area (Å²) < 4.78 is 5.00. The fourth-order valence-corrected chi connectivity index (χ4v) is 1.49. The van der Waals surface area contributed by atoms with Crippen molar-refractivity contribution in [2.75, 3.05) is 0 Å². The summed E-state index contributed by atoms with van der Waals surface area (Å²) in [4.78, 5) is 11.9. The zero-order chi connectivity index (χ0) is 11.4. The van der Waals surface area contributed by atoms with Gasteiger partial charge in [-0.3, -0.25) is 4.79 Å². The number of hydrogen-bond donors (Lipinski definition) is 0. The molecule has 3 nitrogen and oxygen atoms in total. The van der Waals surface area contributed by atoms with Gasteiger partial charge in [0.2, 0.25) is 5.78 Å². The van der Waals surface area contributed by atoms with Crippen molar-refractivity contribution in [2.24, 2.45) is 0 Å². The smallest absolute Gasteiger partial charge is 0.219 e. The summed E-state index contributed by atoms with van der Waals surface area (Å²) in [6, 6.07) is 14.2. The molecular formula is C13H9NO2. The first-order chi connectivity index (χ1) is 7.83. The van der Waals surface area contributed by atoms with E-state index in [1.54, 1.807) is 36.4 Å². The van der Waals surface area contributed by atoms with E-state index in [1.165, 1.54) is 6.26 Å². The van der Waals surface area contributed by atoms with Crippen LogP contribution in [0.1, 0.15) is 22.0 Å². The molecular weight excluding hydrogens is 202 g/mol. The van der Waals surface area contributed by atoms with Crippen LogP contribution in [0.2, 0.25) is 0 Å². The first kappa shape index (κ1) is 10.2. The minimum Gasteiger partial charge on any atom is -0.461 e. The summed E-state index contributed by atoms with van der Waals surface area (Å²) in [5.41, 5.74) is 0.686. The molecule has 16 heavy (non-hydrogen) atoms. The predicted octanol–water partition coefficient (Wildman–Crippen LogP) is 2.77. The lowest BCUT2D eigenvalue weighted by Gasteiger charge is -2.05. The van der Waals surface area contributed by atoms with Crippen molar-refractivity contribution in [3.8, 4) is 6.07 Å². The van der Waals surface area contributed by atoms with Crippen LogP contribution in [0.5, 0.6) is 0 Å². The molecule has 0 aliphatic carbocycles. The van der Waals surface area contributed by atoms with Crippen molar-refractivity contribution >= 4 is 5.78 Å². The zero-order valence-electron chi connectivity index (χ0n) is 8.46. The Balaban J connectivity index is 2.32. The Morgan fingerprint density at radius 1 is 1.19 bits per heavy atom. The van der Waals surface area contributed by atoms with Crippen LogP contribution in [0, 0.1) is 11.3 Å². The molecule has 0 radical (unpaired) electrons. The second kappa shape index (κ2) is 4.45. The average Bonchev–Trinajstić information content (AvgIpc) is 2.85.